The fourth-order valence-corrected chi connectivity index (χ4v) is 1.27. The van der Waals surface area contributed by atoms with E-state index in [1.807, 2.05) is 25.1 Å². The van der Waals surface area contributed by atoms with Crippen molar-refractivity contribution in [2.24, 2.45) is 5.73 Å². The SMILES string of the molecule is C[C@H](N)c1ccnc(-n2cnc(C#N)n2)c1. The van der Waals surface area contributed by atoms with Crippen LogP contribution in [0.25, 0.3) is 5.82 Å². The molecule has 2 aromatic heterocycles. The van der Waals surface area contributed by atoms with Crippen LogP contribution in [0.2, 0.25) is 0 Å². The maximum absolute atomic E-state index is 8.61. The molecule has 0 aliphatic heterocycles. The molecular formula is C10H10N6. The van der Waals surface area contributed by atoms with Crippen molar-refractivity contribution in [3.8, 4) is 11.9 Å². The Labute approximate surface area is 92.4 Å². The molecule has 0 radical (unpaired) electrons. The van der Waals surface area contributed by atoms with E-state index in [2.05, 4.69) is 15.1 Å². The minimum atomic E-state index is -0.0688. The summed E-state index contributed by atoms with van der Waals surface area (Å²) in [6.07, 6.45) is 3.10. The van der Waals surface area contributed by atoms with E-state index in [0.29, 0.717) is 5.82 Å². The van der Waals surface area contributed by atoms with Gasteiger partial charge in [-0.2, -0.15) is 5.26 Å². The van der Waals surface area contributed by atoms with Crippen molar-refractivity contribution in [1.82, 2.24) is 19.7 Å². The minimum absolute atomic E-state index is 0.0688. The highest BCUT2D eigenvalue weighted by atomic mass is 15.4. The lowest BCUT2D eigenvalue weighted by Crippen LogP contribution is -2.07. The third-order valence-electron chi connectivity index (χ3n) is 2.12. The number of aromatic nitrogens is 4. The number of hydrogen-bond donors (Lipinski definition) is 1. The van der Waals surface area contributed by atoms with Crippen LogP contribution in [0.1, 0.15) is 24.4 Å². The zero-order valence-corrected chi connectivity index (χ0v) is 8.70. The van der Waals surface area contributed by atoms with E-state index in [9.17, 15) is 0 Å². The molecule has 2 aromatic rings. The fourth-order valence-electron chi connectivity index (χ4n) is 1.27. The monoisotopic (exact) mass is 214 g/mol. The quantitative estimate of drug-likeness (QED) is 0.788. The fraction of sp³-hybridized carbons (Fsp3) is 0.200. The summed E-state index contributed by atoms with van der Waals surface area (Å²) >= 11 is 0. The number of nitriles is 1. The van der Waals surface area contributed by atoms with Crippen LogP contribution in [0.15, 0.2) is 24.7 Å². The second-order valence-corrected chi connectivity index (χ2v) is 3.36. The molecular weight excluding hydrogens is 204 g/mol. The Morgan fingerprint density at radius 1 is 1.50 bits per heavy atom. The first-order chi connectivity index (χ1) is 7.70. The number of nitrogens with zero attached hydrogens (tertiary/aromatic N) is 5. The zero-order chi connectivity index (χ0) is 11.5. The third kappa shape index (κ3) is 1.89. The van der Waals surface area contributed by atoms with Gasteiger partial charge in [0.2, 0.25) is 0 Å². The molecule has 6 heteroatoms. The maximum Gasteiger partial charge on any atom is 0.252 e. The minimum Gasteiger partial charge on any atom is -0.324 e. The molecule has 0 aliphatic rings. The van der Waals surface area contributed by atoms with Crippen LogP contribution < -0.4 is 5.73 Å². The number of hydrogen-bond acceptors (Lipinski definition) is 5. The van der Waals surface area contributed by atoms with Crippen LogP contribution in [-0.2, 0) is 0 Å². The van der Waals surface area contributed by atoms with Gasteiger partial charge in [0.15, 0.2) is 5.82 Å². The van der Waals surface area contributed by atoms with Crippen LogP contribution in [0.5, 0.6) is 0 Å². The summed E-state index contributed by atoms with van der Waals surface area (Å²) in [7, 11) is 0. The molecule has 2 heterocycles. The summed E-state index contributed by atoms with van der Waals surface area (Å²) in [5.74, 6) is 0.719. The lowest BCUT2D eigenvalue weighted by molar-refractivity contribution is 0.794. The van der Waals surface area contributed by atoms with E-state index < -0.39 is 0 Å². The second-order valence-electron chi connectivity index (χ2n) is 3.36. The van der Waals surface area contributed by atoms with Gasteiger partial charge < -0.3 is 5.73 Å². The van der Waals surface area contributed by atoms with Gasteiger partial charge in [0.05, 0.1) is 0 Å². The first-order valence-corrected chi connectivity index (χ1v) is 4.74. The van der Waals surface area contributed by atoms with Crippen LogP contribution in [0.4, 0.5) is 0 Å². The lowest BCUT2D eigenvalue weighted by Gasteiger charge is -2.06. The van der Waals surface area contributed by atoms with E-state index in [1.165, 1.54) is 11.0 Å². The van der Waals surface area contributed by atoms with Crippen molar-refractivity contribution in [3.05, 3.63) is 36.0 Å². The third-order valence-corrected chi connectivity index (χ3v) is 2.12. The Morgan fingerprint density at radius 2 is 2.31 bits per heavy atom. The van der Waals surface area contributed by atoms with Crippen molar-refractivity contribution in [3.63, 3.8) is 0 Å². The van der Waals surface area contributed by atoms with Gasteiger partial charge in [-0.15, -0.1) is 5.10 Å². The lowest BCUT2D eigenvalue weighted by atomic mass is 10.1. The van der Waals surface area contributed by atoms with Crippen LogP contribution in [-0.4, -0.2) is 19.7 Å². The molecule has 2 rings (SSSR count). The topological polar surface area (TPSA) is 93.4 Å². The van der Waals surface area contributed by atoms with E-state index in [4.69, 9.17) is 11.0 Å². The highest BCUT2D eigenvalue weighted by Gasteiger charge is 2.05. The molecule has 0 aliphatic carbocycles. The summed E-state index contributed by atoms with van der Waals surface area (Å²) in [5, 5.41) is 12.6. The van der Waals surface area contributed by atoms with E-state index >= 15 is 0 Å². The number of pyridine rings is 1. The van der Waals surface area contributed by atoms with Crippen LogP contribution in [0, 0.1) is 11.3 Å². The molecule has 6 nitrogen and oxygen atoms in total. The summed E-state index contributed by atoms with van der Waals surface area (Å²) in [6.45, 7) is 1.89. The Kier molecular flexibility index (Phi) is 2.62. The van der Waals surface area contributed by atoms with Gasteiger partial charge in [0, 0.05) is 12.2 Å². The molecule has 1 atom stereocenters. The Hall–Kier alpha value is -2.26. The Bertz CT molecular complexity index is 536. The zero-order valence-electron chi connectivity index (χ0n) is 8.70. The molecule has 0 unspecified atom stereocenters. The largest absolute Gasteiger partial charge is 0.324 e. The maximum atomic E-state index is 8.61. The predicted octanol–water partition coefficient (Wildman–Crippen LogP) is 0.554. The van der Waals surface area contributed by atoms with Gasteiger partial charge in [-0.25, -0.2) is 14.6 Å². The highest BCUT2D eigenvalue weighted by Crippen LogP contribution is 2.11. The molecule has 80 valence electrons. The molecule has 0 fully saturated rings. The van der Waals surface area contributed by atoms with E-state index in [-0.39, 0.29) is 11.9 Å². The summed E-state index contributed by atoms with van der Waals surface area (Å²) in [6, 6.07) is 5.45. The van der Waals surface area contributed by atoms with Crippen molar-refractivity contribution in [2.75, 3.05) is 0 Å². The molecule has 0 saturated carbocycles. The Morgan fingerprint density at radius 3 is 2.94 bits per heavy atom. The Balaban J connectivity index is 2.41. The van der Waals surface area contributed by atoms with Crippen LogP contribution in [0.3, 0.4) is 0 Å². The van der Waals surface area contributed by atoms with E-state index in [1.54, 1.807) is 6.20 Å². The van der Waals surface area contributed by atoms with Gasteiger partial charge in [0.1, 0.15) is 12.4 Å². The average Bonchev–Trinajstić information content (AvgIpc) is 2.77. The first kappa shape index (κ1) is 10.3. The van der Waals surface area contributed by atoms with Crippen LogP contribution >= 0.6 is 0 Å². The number of rotatable bonds is 2. The summed E-state index contributed by atoms with van der Waals surface area (Å²) in [5.41, 5.74) is 6.72. The molecule has 2 N–H and O–H groups in total. The average molecular weight is 214 g/mol. The molecule has 0 bridgehead atoms. The first-order valence-electron chi connectivity index (χ1n) is 4.74. The summed E-state index contributed by atoms with van der Waals surface area (Å²) in [4.78, 5) is 7.94. The standard InChI is InChI=1S/C10H10N6/c1-7(12)8-2-3-13-10(4-8)16-6-14-9(5-11)15-16/h2-4,6-7H,12H2,1H3/t7-/m0/s1. The molecule has 0 saturated heterocycles. The van der Waals surface area contributed by atoms with E-state index in [0.717, 1.165) is 5.56 Å². The second kappa shape index (κ2) is 4.08. The van der Waals surface area contributed by atoms with Gasteiger partial charge in [-0.3, -0.25) is 0 Å². The summed E-state index contributed by atoms with van der Waals surface area (Å²) < 4.78 is 1.45. The molecule has 0 aromatic carbocycles. The normalized spacial score (nSPS) is 12.1. The molecule has 0 amide bonds. The van der Waals surface area contributed by atoms with Crippen molar-refractivity contribution in [2.45, 2.75) is 13.0 Å². The van der Waals surface area contributed by atoms with Crippen molar-refractivity contribution < 1.29 is 0 Å². The number of nitrogens with two attached hydrogens (primary N) is 1. The van der Waals surface area contributed by atoms with Gasteiger partial charge in [0.25, 0.3) is 5.82 Å². The molecule has 16 heavy (non-hydrogen) atoms. The van der Waals surface area contributed by atoms with Gasteiger partial charge in [-0.05, 0) is 24.6 Å². The molecule has 0 spiro atoms. The van der Waals surface area contributed by atoms with Gasteiger partial charge >= 0.3 is 0 Å². The predicted molar refractivity (Wildman–Crippen MR) is 56.5 cm³/mol. The van der Waals surface area contributed by atoms with Crippen molar-refractivity contribution >= 4 is 0 Å². The highest BCUT2D eigenvalue weighted by molar-refractivity contribution is 5.28. The van der Waals surface area contributed by atoms with Crippen molar-refractivity contribution in [1.29, 1.82) is 5.26 Å². The van der Waals surface area contributed by atoms with Gasteiger partial charge in [-0.1, -0.05) is 0 Å². The smallest absolute Gasteiger partial charge is 0.252 e.